The maximum Gasteiger partial charge on any atom is 0.413 e. The summed E-state index contributed by atoms with van der Waals surface area (Å²) >= 11 is 0. The molecular formula is C20H19N3O4. The van der Waals surface area contributed by atoms with Crippen LogP contribution in [0.3, 0.4) is 0 Å². The first-order valence-corrected chi connectivity index (χ1v) is 8.35. The molecule has 0 aliphatic rings. The minimum Gasteiger partial charge on any atom is -0.478 e. The third kappa shape index (κ3) is 4.94. The Morgan fingerprint density at radius 2 is 1.81 bits per heavy atom. The number of aromatic nitrogens is 2. The third-order valence-corrected chi connectivity index (χ3v) is 3.93. The van der Waals surface area contributed by atoms with E-state index in [1.54, 1.807) is 22.9 Å². The molecule has 2 aromatic carbocycles. The van der Waals surface area contributed by atoms with Gasteiger partial charge in [-0.1, -0.05) is 42.5 Å². The fraction of sp³-hybridized carbons (Fsp3) is 0.150. The fourth-order valence-corrected chi connectivity index (χ4v) is 2.57. The standard InChI is InChI=1S/C20H19N3O4/c1-14-10-18(21-20(26)27-13-15-6-3-2-4-7-15)22-23(14)12-16-8-5-9-17(11-16)19(24)25/h2-11H,12-13H2,1H3,(H,24,25)(H,21,22,26). The summed E-state index contributed by atoms with van der Waals surface area (Å²) in [5, 5.41) is 16.0. The first-order valence-electron chi connectivity index (χ1n) is 8.35. The molecule has 0 spiro atoms. The number of aromatic carboxylic acids is 1. The van der Waals surface area contributed by atoms with E-state index in [2.05, 4.69) is 10.4 Å². The van der Waals surface area contributed by atoms with Crippen molar-refractivity contribution in [3.05, 3.63) is 83.0 Å². The van der Waals surface area contributed by atoms with Crippen molar-refractivity contribution >= 4 is 17.9 Å². The third-order valence-electron chi connectivity index (χ3n) is 3.93. The molecule has 138 valence electrons. The summed E-state index contributed by atoms with van der Waals surface area (Å²) in [5.41, 5.74) is 2.75. The highest BCUT2D eigenvalue weighted by atomic mass is 16.5. The lowest BCUT2D eigenvalue weighted by atomic mass is 10.1. The Bertz CT molecular complexity index is 951. The predicted octanol–water partition coefficient (Wildman–Crippen LogP) is 3.69. The van der Waals surface area contributed by atoms with Gasteiger partial charge in [-0.15, -0.1) is 0 Å². The second-order valence-electron chi connectivity index (χ2n) is 6.02. The Balaban J connectivity index is 1.61. The molecule has 27 heavy (non-hydrogen) atoms. The Labute approximate surface area is 156 Å². The van der Waals surface area contributed by atoms with Gasteiger partial charge in [0, 0.05) is 11.8 Å². The number of carboxylic acid groups (broad SMARTS) is 1. The van der Waals surface area contributed by atoms with Gasteiger partial charge >= 0.3 is 12.1 Å². The van der Waals surface area contributed by atoms with Crippen molar-refractivity contribution in [2.75, 3.05) is 5.32 Å². The number of carbonyl (C=O) groups excluding carboxylic acids is 1. The molecule has 0 bridgehead atoms. The molecule has 0 saturated heterocycles. The van der Waals surface area contributed by atoms with E-state index in [4.69, 9.17) is 9.84 Å². The van der Waals surface area contributed by atoms with Crippen molar-refractivity contribution in [3.63, 3.8) is 0 Å². The van der Waals surface area contributed by atoms with Crippen molar-refractivity contribution in [1.82, 2.24) is 9.78 Å². The van der Waals surface area contributed by atoms with Gasteiger partial charge in [0.05, 0.1) is 12.1 Å². The quantitative estimate of drug-likeness (QED) is 0.695. The topological polar surface area (TPSA) is 93.5 Å². The second-order valence-corrected chi connectivity index (χ2v) is 6.02. The lowest BCUT2D eigenvalue weighted by Crippen LogP contribution is -2.14. The molecule has 0 saturated carbocycles. The highest BCUT2D eigenvalue weighted by molar-refractivity contribution is 5.87. The van der Waals surface area contributed by atoms with Crippen LogP contribution in [0, 0.1) is 6.92 Å². The maximum atomic E-state index is 11.9. The largest absolute Gasteiger partial charge is 0.478 e. The number of nitrogens with one attached hydrogen (secondary N) is 1. The molecule has 0 radical (unpaired) electrons. The van der Waals surface area contributed by atoms with Crippen LogP contribution in [-0.2, 0) is 17.9 Å². The van der Waals surface area contributed by atoms with Gasteiger partial charge < -0.3 is 9.84 Å². The first kappa shape index (κ1) is 18.2. The number of ether oxygens (including phenoxy) is 1. The van der Waals surface area contributed by atoms with Gasteiger partial charge in [-0.3, -0.25) is 10.00 Å². The SMILES string of the molecule is Cc1cc(NC(=O)OCc2ccccc2)nn1Cc1cccc(C(=O)O)c1. The normalized spacial score (nSPS) is 10.4. The maximum absolute atomic E-state index is 11.9. The molecule has 0 atom stereocenters. The number of carbonyl (C=O) groups is 2. The van der Waals surface area contributed by atoms with E-state index < -0.39 is 12.1 Å². The molecule has 2 N–H and O–H groups in total. The monoisotopic (exact) mass is 365 g/mol. The number of hydrogen-bond donors (Lipinski definition) is 2. The van der Waals surface area contributed by atoms with Crippen LogP contribution >= 0.6 is 0 Å². The Morgan fingerprint density at radius 1 is 1.07 bits per heavy atom. The van der Waals surface area contributed by atoms with Crippen LogP contribution in [0.4, 0.5) is 10.6 Å². The van der Waals surface area contributed by atoms with E-state index in [9.17, 15) is 9.59 Å². The molecule has 1 aromatic heterocycles. The van der Waals surface area contributed by atoms with Gasteiger partial charge in [0.15, 0.2) is 5.82 Å². The number of benzene rings is 2. The number of carboxylic acids is 1. The summed E-state index contributed by atoms with van der Waals surface area (Å²) in [7, 11) is 0. The molecule has 0 aliphatic heterocycles. The summed E-state index contributed by atoms with van der Waals surface area (Å²) in [6.45, 7) is 2.43. The number of nitrogens with zero attached hydrogens (tertiary/aromatic N) is 2. The molecule has 3 aromatic rings. The van der Waals surface area contributed by atoms with Crippen LogP contribution < -0.4 is 5.32 Å². The van der Waals surface area contributed by atoms with Crippen LogP contribution in [0.5, 0.6) is 0 Å². The predicted molar refractivity (Wildman–Crippen MR) is 99.7 cm³/mol. The summed E-state index contributed by atoms with van der Waals surface area (Å²) in [5.74, 6) is -0.600. The van der Waals surface area contributed by atoms with Crippen molar-refractivity contribution < 1.29 is 19.4 Å². The molecule has 0 aliphatic carbocycles. The van der Waals surface area contributed by atoms with Gasteiger partial charge in [-0.05, 0) is 30.2 Å². The van der Waals surface area contributed by atoms with Gasteiger partial charge in [0.25, 0.3) is 0 Å². The van der Waals surface area contributed by atoms with Gasteiger partial charge in [0.1, 0.15) is 6.61 Å². The molecule has 7 nitrogen and oxygen atoms in total. The second kappa shape index (κ2) is 8.18. The first-order chi connectivity index (χ1) is 13.0. The molecule has 1 amide bonds. The van der Waals surface area contributed by atoms with E-state index >= 15 is 0 Å². The molecule has 0 fully saturated rings. The van der Waals surface area contributed by atoms with E-state index in [0.29, 0.717) is 12.4 Å². The van der Waals surface area contributed by atoms with Crippen LogP contribution in [0.25, 0.3) is 0 Å². The summed E-state index contributed by atoms with van der Waals surface area (Å²) < 4.78 is 6.87. The van der Waals surface area contributed by atoms with Crippen molar-refractivity contribution in [2.45, 2.75) is 20.1 Å². The number of amides is 1. The van der Waals surface area contributed by atoms with E-state index in [1.165, 1.54) is 6.07 Å². The van der Waals surface area contributed by atoms with Crippen molar-refractivity contribution in [2.24, 2.45) is 0 Å². The zero-order chi connectivity index (χ0) is 19.2. The van der Waals surface area contributed by atoms with Crippen LogP contribution in [0.2, 0.25) is 0 Å². The van der Waals surface area contributed by atoms with Gasteiger partial charge in [0.2, 0.25) is 0 Å². The molecule has 7 heteroatoms. The van der Waals surface area contributed by atoms with E-state index in [0.717, 1.165) is 16.8 Å². The Hall–Kier alpha value is -3.61. The number of aryl methyl sites for hydroxylation is 1. The molecule has 0 unspecified atom stereocenters. The van der Waals surface area contributed by atoms with Gasteiger partial charge in [-0.2, -0.15) is 5.10 Å². The van der Waals surface area contributed by atoms with E-state index in [-0.39, 0.29) is 12.2 Å². The summed E-state index contributed by atoms with van der Waals surface area (Å²) in [4.78, 5) is 23.0. The Morgan fingerprint density at radius 3 is 2.56 bits per heavy atom. The van der Waals surface area contributed by atoms with Crippen LogP contribution in [0.1, 0.15) is 27.2 Å². The molecule has 1 heterocycles. The van der Waals surface area contributed by atoms with Crippen molar-refractivity contribution in [1.29, 1.82) is 0 Å². The molecular weight excluding hydrogens is 346 g/mol. The lowest BCUT2D eigenvalue weighted by molar-refractivity contribution is 0.0696. The zero-order valence-corrected chi connectivity index (χ0v) is 14.8. The average Bonchev–Trinajstić information content (AvgIpc) is 3.00. The number of hydrogen-bond acceptors (Lipinski definition) is 4. The van der Waals surface area contributed by atoms with Crippen LogP contribution in [-0.4, -0.2) is 26.9 Å². The Kier molecular flexibility index (Phi) is 5.51. The minimum atomic E-state index is -0.974. The van der Waals surface area contributed by atoms with Crippen LogP contribution in [0.15, 0.2) is 60.7 Å². The van der Waals surface area contributed by atoms with Crippen molar-refractivity contribution in [3.8, 4) is 0 Å². The number of anilines is 1. The number of rotatable bonds is 6. The highest BCUT2D eigenvalue weighted by Gasteiger charge is 2.10. The van der Waals surface area contributed by atoms with E-state index in [1.807, 2.05) is 43.3 Å². The average molecular weight is 365 g/mol. The summed E-state index contributed by atoms with van der Waals surface area (Å²) in [6.07, 6.45) is -0.587. The lowest BCUT2D eigenvalue weighted by Gasteiger charge is -2.06. The zero-order valence-electron chi connectivity index (χ0n) is 14.8. The fourth-order valence-electron chi connectivity index (χ4n) is 2.57. The van der Waals surface area contributed by atoms with Gasteiger partial charge in [-0.25, -0.2) is 9.59 Å². The highest BCUT2D eigenvalue weighted by Crippen LogP contribution is 2.13. The minimum absolute atomic E-state index is 0.175. The summed E-state index contributed by atoms with van der Waals surface area (Å²) in [6, 6.07) is 17.8. The smallest absolute Gasteiger partial charge is 0.413 e. The molecule has 3 rings (SSSR count).